The second kappa shape index (κ2) is 6.66. The monoisotopic (exact) mass is 277 g/mol. The van der Waals surface area contributed by atoms with Crippen LogP contribution in [0.5, 0.6) is 0 Å². The van der Waals surface area contributed by atoms with Crippen LogP contribution < -0.4 is 0 Å². The third kappa shape index (κ3) is 3.53. The maximum atomic E-state index is 11.9. The lowest BCUT2D eigenvalue weighted by Crippen LogP contribution is -2.40. The van der Waals surface area contributed by atoms with E-state index in [1.807, 2.05) is 25.1 Å². The molecule has 0 radical (unpaired) electrons. The van der Waals surface area contributed by atoms with Gasteiger partial charge in [0.15, 0.2) is 0 Å². The van der Waals surface area contributed by atoms with E-state index in [-0.39, 0.29) is 12.1 Å². The summed E-state index contributed by atoms with van der Waals surface area (Å²) in [6.45, 7) is 2.98. The number of likely N-dealkylation sites (tertiary alicyclic amines) is 1. The zero-order chi connectivity index (χ0) is 13.7. The summed E-state index contributed by atoms with van der Waals surface area (Å²) in [5, 5.41) is 0. The summed E-state index contributed by atoms with van der Waals surface area (Å²) >= 11 is 5.53. The molecule has 3 nitrogen and oxygen atoms in total. The first kappa shape index (κ1) is 14.0. The molecule has 1 aliphatic rings. The highest BCUT2D eigenvalue weighted by Gasteiger charge is 2.32. The molecule has 1 saturated heterocycles. The van der Waals surface area contributed by atoms with Crippen molar-refractivity contribution in [1.82, 2.24) is 4.90 Å². The van der Waals surface area contributed by atoms with Crippen molar-refractivity contribution in [3.05, 3.63) is 35.9 Å². The molecule has 1 aromatic rings. The smallest absolute Gasteiger partial charge is 0.410 e. The largest absolute Gasteiger partial charge is 0.450 e. The van der Waals surface area contributed by atoms with Gasteiger partial charge in [0.25, 0.3) is 0 Å². The Bertz CT molecular complexity index is 447. The number of hydrogen-bond acceptors (Lipinski definition) is 3. The van der Waals surface area contributed by atoms with Gasteiger partial charge in [0.2, 0.25) is 0 Å². The zero-order valence-corrected chi connectivity index (χ0v) is 12.0. The molecule has 1 atom stereocenters. The third-order valence-corrected chi connectivity index (χ3v) is 3.76. The van der Waals surface area contributed by atoms with Gasteiger partial charge in [0.05, 0.1) is 12.6 Å². The van der Waals surface area contributed by atoms with Crippen LogP contribution >= 0.6 is 12.2 Å². The number of carbonyl (C=O) groups excluding carboxylic acids is 1. The number of amides is 1. The number of nitrogens with zero attached hydrogens (tertiary/aromatic N) is 1. The van der Waals surface area contributed by atoms with E-state index in [2.05, 4.69) is 12.1 Å². The van der Waals surface area contributed by atoms with Crippen LogP contribution in [0, 0.1) is 0 Å². The molecule has 2 rings (SSSR count). The summed E-state index contributed by atoms with van der Waals surface area (Å²) < 4.78 is 5.08. The summed E-state index contributed by atoms with van der Waals surface area (Å²) in [4.78, 5) is 14.6. The van der Waals surface area contributed by atoms with Gasteiger partial charge in [0.1, 0.15) is 0 Å². The second-order valence-electron chi connectivity index (χ2n) is 4.68. The molecule has 0 spiro atoms. The number of rotatable bonds is 4. The molecule has 0 aromatic heterocycles. The van der Waals surface area contributed by atoms with E-state index in [0.29, 0.717) is 6.61 Å². The van der Waals surface area contributed by atoms with E-state index >= 15 is 0 Å². The van der Waals surface area contributed by atoms with Crippen LogP contribution in [0.4, 0.5) is 4.79 Å². The van der Waals surface area contributed by atoms with Crippen LogP contribution in [-0.2, 0) is 11.2 Å². The molecule has 1 fully saturated rings. The van der Waals surface area contributed by atoms with E-state index in [4.69, 9.17) is 17.0 Å². The Hall–Kier alpha value is -1.42. The lowest BCUT2D eigenvalue weighted by molar-refractivity contribution is 0.110. The molecule has 0 N–H and O–H groups in total. The van der Waals surface area contributed by atoms with Crippen LogP contribution in [0.1, 0.15) is 25.3 Å². The summed E-state index contributed by atoms with van der Waals surface area (Å²) in [5.74, 6) is 0. The Kier molecular flexibility index (Phi) is 4.91. The van der Waals surface area contributed by atoms with Gasteiger partial charge in [-0.2, -0.15) is 0 Å². The quantitative estimate of drug-likeness (QED) is 0.791. The standard InChI is InChI=1S/C15H19NO2S/c1-2-18-15(17)16-10-6-9-13(16)14(19)11-12-7-4-3-5-8-12/h3-5,7-8,13H,2,6,9-11H2,1H3/t13-/m0/s1. The van der Waals surface area contributed by atoms with E-state index in [0.717, 1.165) is 30.7 Å². The Labute approximate surface area is 119 Å². The van der Waals surface area contributed by atoms with Gasteiger partial charge in [-0.1, -0.05) is 42.5 Å². The predicted molar refractivity (Wildman–Crippen MR) is 79.5 cm³/mol. The van der Waals surface area contributed by atoms with E-state index < -0.39 is 0 Å². The predicted octanol–water partition coefficient (Wildman–Crippen LogP) is 3.22. The van der Waals surface area contributed by atoms with Crippen molar-refractivity contribution >= 4 is 23.2 Å². The van der Waals surface area contributed by atoms with E-state index in [9.17, 15) is 4.79 Å². The van der Waals surface area contributed by atoms with Crippen molar-refractivity contribution in [2.45, 2.75) is 32.2 Å². The minimum Gasteiger partial charge on any atom is -0.450 e. The topological polar surface area (TPSA) is 29.5 Å². The average molecular weight is 277 g/mol. The van der Waals surface area contributed by atoms with E-state index in [1.54, 1.807) is 4.90 Å². The Morgan fingerprint density at radius 1 is 1.42 bits per heavy atom. The fourth-order valence-electron chi connectivity index (χ4n) is 2.44. The number of carbonyl (C=O) groups is 1. The van der Waals surface area contributed by atoms with Crippen LogP contribution in [-0.4, -0.2) is 35.1 Å². The van der Waals surface area contributed by atoms with Crippen molar-refractivity contribution in [2.24, 2.45) is 0 Å². The number of benzene rings is 1. The van der Waals surface area contributed by atoms with Gasteiger partial charge < -0.3 is 9.64 Å². The summed E-state index contributed by atoms with van der Waals surface area (Å²) in [5.41, 5.74) is 1.20. The SMILES string of the molecule is CCOC(=O)N1CCC[C@H]1C(=S)Cc1ccccc1. The van der Waals surface area contributed by atoms with Gasteiger partial charge in [-0.15, -0.1) is 0 Å². The van der Waals surface area contributed by atoms with E-state index in [1.165, 1.54) is 5.56 Å². The summed E-state index contributed by atoms with van der Waals surface area (Å²) in [6, 6.07) is 10.2. The van der Waals surface area contributed by atoms with Crippen LogP contribution in [0.15, 0.2) is 30.3 Å². The molecular formula is C15H19NO2S. The van der Waals surface area contributed by atoms with Crippen molar-refractivity contribution in [3.63, 3.8) is 0 Å². The first-order chi connectivity index (χ1) is 9.22. The molecule has 1 amide bonds. The molecule has 102 valence electrons. The fourth-order valence-corrected chi connectivity index (χ4v) is 2.85. The van der Waals surface area contributed by atoms with Crippen molar-refractivity contribution in [2.75, 3.05) is 13.2 Å². The third-order valence-electron chi connectivity index (χ3n) is 3.35. The first-order valence-corrected chi connectivity index (χ1v) is 7.13. The molecule has 4 heteroatoms. The minimum atomic E-state index is -0.236. The van der Waals surface area contributed by atoms with Crippen LogP contribution in [0.2, 0.25) is 0 Å². The van der Waals surface area contributed by atoms with Crippen molar-refractivity contribution in [1.29, 1.82) is 0 Å². The molecule has 1 aromatic carbocycles. The lowest BCUT2D eigenvalue weighted by atomic mass is 10.0. The molecule has 0 unspecified atom stereocenters. The lowest BCUT2D eigenvalue weighted by Gasteiger charge is -2.24. The molecule has 0 saturated carbocycles. The first-order valence-electron chi connectivity index (χ1n) is 6.72. The maximum absolute atomic E-state index is 11.9. The summed E-state index contributed by atoms with van der Waals surface area (Å²) in [6.07, 6.45) is 2.46. The Morgan fingerprint density at radius 2 is 2.16 bits per heavy atom. The van der Waals surface area contributed by atoms with Crippen LogP contribution in [0.3, 0.4) is 0 Å². The molecule has 1 heterocycles. The van der Waals surface area contributed by atoms with Gasteiger partial charge in [-0.05, 0) is 25.3 Å². The second-order valence-corrected chi connectivity index (χ2v) is 5.20. The Balaban J connectivity index is 2.00. The maximum Gasteiger partial charge on any atom is 0.410 e. The molecule has 19 heavy (non-hydrogen) atoms. The van der Waals surface area contributed by atoms with Crippen molar-refractivity contribution < 1.29 is 9.53 Å². The van der Waals surface area contributed by atoms with Gasteiger partial charge in [-0.25, -0.2) is 4.79 Å². The number of hydrogen-bond donors (Lipinski definition) is 0. The zero-order valence-electron chi connectivity index (χ0n) is 11.2. The fraction of sp³-hybridized carbons (Fsp3) is 0.467. The normalized spacial score (nSPS) is 18.4. The summed E-state index contributed by atoms with van der Waals surface area (Å²) in [7, 11) is 0. The van der Waals surface area contributed by atoms with Crippen LogP contribution in [0.25, 0.3) is 0 Å². The molecule has 0 aliphatic carbocycles. The highest BCUT2D eigenvalue weighted by molar-refractivity contribution is 7.80. The van der Waals surface area contributed by atoms with Crippen molar-refractivity contribution in [3.8, 4) is 0 Å². The average Bonchev–Trinajstić information content (AvgIpc) is 2.89. The highest BCUT2D eigenvalue weighted by Crippen LogP contribution is 2.21. The van der Waals surface area contributed by atoms with Gasteiger partial charge in [-0.3, -0.25) is 0 Å². The number of thiocarbonyl (C=S) groups is 1. The highest BCUT2D eigenvalue weighted by atomic mass is 32.1. The molecule has 0 bridgehead atoms. The Morgan fingerprint density at radius 3 is 2.84 bits per heavy atom. The molecular weight excluding hydrogens is 258 g/mol. The van der Waals surface area contributed by atoms with Gasteiger partial charge >= 0.3 is 6.09 Å². The van der Waals surface area contributed by atoms with Gasteiger partial charge in [0, 0.05) is 17.8 Å². The minimum absolute atomic E-state index is 0.0502. The molecule has 1 aliphatic heterocycles. The number of ether oxygens (including phenoxy) is 1.